The predicted octanol–water partition coefficient (Wildman–Crippen LogP) is 0.335. The van der Waals surface area contributed by atoms with E-state index in [-0.39, 0.29) is 25.4 Å². The first-order chi connectivity index (χ1) is 9.58. The van der Waals surface area contributed by atoms with Crippen molar-refractivity contribution in [2.24, 2.45) is 5.73 Å². The molecule has 1 aromatic carbocycles. The lowest BCUT2D eigenvalue weighted by molar-refractivity contribution is -0.140. The molecule has 0 radical (unpaired) electrons. The molecule has 0 heterocycles. The van der Waals surface area contributed by atoms with Gasteiger partial charge in [0.1, 0.15) is 0 Å². The Hall–Kier alpha value is -1.92. The minimum atomic E-state index is -0.968. The molecular formula is C14H20N2O4. The van der Waals surface area contributed by atoms with E-state index in [1.807, 2.05) is 30.3 Å². The molecule has 6 heteroatoms. The van der Waals surface area contributed by atoms with E-state index in [1.165, 1.54) is 7.11 Å². The van der Waals surface area contributed by atoms with E-state index in [2.05, 4.69) is 5.32 Å². The molecule has 6 nitrogen and oxygen atoms in total. The van der Waals surface area contributed by atoms with Crippen molar-refractivity contribution in [1.29, 1.82) is 0 Å². The van der Waals surface area contributed by atoms with Crippen molar-refractivity contribution in [2.45, 2.75) is 18.4 Å². The highest BCUT2D eigenvalue weighted by molar-refractivity contribution is 5.84. The van der Waals surface area contributed by atoms with E-state index in [4.69, 9.17) is 15.6 Å². The average Bonchev–Trinajstić information content (AvgIpc) is 2.45. The third-order valence-corrected chi connectivity index (χ3v) is 2.99. The largest absolute Gasteiger partial charge is 0.481 e. The topological polar surface area (TPSA) is 102 Å². The van der Waals surface area contributed by atoms with Crippen molar-refractivity contribution in [3.8, 4) is 0 Å². The number of aliphatic carboxylic acids is 1. The third kappa shape index (κ3) is 4.99. The maximum Gasteiger partial charge on any atom is 0.306 e. The van der Waals surface area contributed by atoms with Gasteiger partial charge >= 0.3 is 5.97 Å². The van der Waals surface area contributed by atoms with Gasteiger partial charge in [-0.05, 0) is 5.56 Å². The summed E-state index contributed by atoms with van der Waals surface area (Å²) in [6.45, 7) is 0.331. The zero-order chi connectivity index (χ0) is 15.0. The molecule has 0 fully saturated rings. The summed E-state index contributed by atoms with van der Waals surface area (Å²) in [5.74, 6) is -1.64. The Bertz CT molecular complexity index is 436. The number of rotatable bonds is 8. The maximum atomic E-state index is 12.1. The Morgan fingerprint density at radius 3 is 2.50 bits per heavy atom. The van der Waals surface area contributed by atoms with Crippen molar-refractivity contribution < 1.29 is 19.4 Å². The van der Waals surface area contributed by atoms with Crippen molar-refractivity contribution in [1.82, 2.24) is 5.32 Å². The van der Waals surface area contributed by atoms with Crippen LogP contribution in [0.1, 0.15) is 17.9 Å². The summed E-state index contributed by atoms with van der Waals surface area (Å²) in [5, 5.41) is 11.4. The molecule has 20 heavy (non-hydrogen) atoms. The minimum Gasteiger partial charge on any atom is -0.481 e. The molecule has 110 valence electrons. The molecule has 1 rings (SSSR count). The zero-order valence-electron chi connectivity index (χ0n) is 11.4. The summed E-state index contributed by atoms with van der Waals surface area (Å²) in [7, 11) is 1.41. The second kappa shape index (κ2) is 8.29. The molecule has 2 unspecified atom stereocenters. The van der Waals surface area contributed by atoms with Crippen LogP contribution in [-0.2, 0) is 14.3 Å². The standard InChI is InChI=1S/C14H20N2O4/c1-20-11(7-13(17)18)9-16-14(19)12(8-15)10-5-3-2-4-6-10/h2-6,11-12H,7-9,15H2,1H3,(H,16,19)(H,17,18). The van der Waals surface area contributed by atoms with Crippen molar-refractivity contribution in [3.63, 3.8) is 0 Å². The molecule has 0 bridgehead atoms. The van der Waals surface area contributed by atoms with Gasteiger partial charge in [0.05, 0.1) is 18.4 Å². The minimum absolute atomic E-state index is 0.144. The number of hydrogen-bond acceptors (Lipinski definition) is 4. The van der Waals surface area contributed by atoms with Crippen molar-refractivity contribution in [2.75, 3.05) is 20.2 Å². The van der Waals surface area contributed by atoms with Gasteiger partial charge in [0, 0.05) is 20.2 Å². The lowest BCUT2D eigenvalue weighted by Crippen LogP contribution is -2.39. The highest BCUT2D eigenvalue weighted by atomic mass is 16.5. The summed E-state index contributed by atoms with van der Waals surface area (Å²) >= 11 is 0. The van der Waals surface area contributed by atoms with Gasteiger partial charge in [-0.1, -0.05) is 30.3 Å². The van der Waals surface area contributed by atoms with Gasteiger partial charge in [0.2, 0.25) is 5.91 Å². The van der Waals surface area contributed by atoms with Crippen LogP contribution in [0.25, 0.3) is 0 Å². The van der Waals surface area contributed by atoms with Gasteiger partial charge in [-0.25, -0.2) is 0 Å². The van der Waals surface area contributed by atoms with Gasteiger partial charge in [0.25, 0.3) is 0 Å². The second-order valence-electron chi connectivity index (χ2n) is 4.40. The first-order valence-electron chi connectivity index (χ1n) is 6.35. The number of amides is 1. The van der Waals surface area contributed by atoms with Gasteiger partial charge in [-0.3, -0.25) is 9.59 Å². The van der Waals surface area contributed by atoms with Gasteiger partial charge in [-0.15, -0.1) is 0 Å². The van der Waals surface area contributed by atoms with Gasteiger partial charge in [0.15, 0.2) is 0 Å². The summed E-state index contributed by atoms with van der Waals surface area (Å²) in [4.78, 5) is 22.7. The van der Waals surface area contributed by atoms with Crippen molar-refractivity contribution >= 4 is 11.9 Å². The van der Waals surface area contributed by atoms with Gasteiger partial charge < -0.3 is 20.9 Å². The highest BCUT2D eigenvalue weighted by Crippen LogP contribution is 2.14. The Kier molecular flexibility index (Phi) is 6.69. The smallest absolute Gasteiger partial charge is 0.306 e. The fourth-order valence-electron chi connectivity index (χ4n) is 1.85. The normalized spacial score (nSPS) is 13.5. The first-order valence-corrected chi connectivity index (χ1v) is 6.35. The van der Waals surface area contributed by atoms with E-state index >= 15 is 0 Å². The molecular weight excluding hydrogens is 260 g/mol. The Morgan fingerprint density at radius 1 is 1.35 bits per heavy atom. The number of nitrogens with one attached hydrogen (secondary N) is 1. The number of carbonyl (C=O) groups excluding carboxylic acids is 1. The predicted molar refractivity (Wildman–Crippen MR) is 74.3 cm³/mol. The molecule has 4 N–H and O–H groups in total. The number of nitrogens with two attached hydrogens (primary N) is 1. The molecule has 0 saturated heterocycles. The Labute approximate surface area is 117 Å². The fraction of sp³-hybridized carbons (Fsp3) is 0.429. The number of methoxy groups -OCH3 is 1. The van der Waals surface area contributed by atoms with Crippen LogP contribution < -0.4 is 11.1 Å². The third-order valence-electron chi connectivity index (χ3n) is 2.99. The lowest BCUT2D eigenvalue weighted by Gasteiger charge is -2.18. The van der Waals surface area contributed by atoms with E-state index in [1.54, 1.807) is 0 Å². The average molecular weight is 280 g/mol. The van der Waals surface area contributed by atoms with Crippen LogP contribution in [0.4, 0.5) is 0 Å². The quantitative estimate of drug-likeness (QED) is 0.637. The molecule has 0 aliphatic rings. The maximum absolute atomic E-state index is 12.1. The molecule has 2 atom stereocenters. The van der Waals surface area contributed by atoms with Crippen LogP contribution in [0.3, 0.4) is 0 Å². The number of ether oxygens (including phenoxy) is 1. The van der Waals surface area contributed by atoms with Crippen LogP contribution in [0.15, 0.2) is 30.3 Å². The van der Waals surface area contributed by atoms with Crippen LogP contribution >= 0.6 is 0 Å². The SMILES string of the molecule is COC(CNC(=O)C(CN)c1ccccc1)CC(=O)O. The van der Waals surface area contributed by atoms with E-state index in [0.717, 1.165) is 5.56 Å². The molecule has 0 aliphatic carbocycles. The molecule has 0 saturated carbocycles. The molecule has 1 aromatic rings. The van der Waals surface area contributed by atoms with E-state index in [0.29, 0.717) is 0 Å². The molecule has 0 aliphatic heterocycles. The molecule has 0 spiro atoms. The van der Waals surface area contributed by atoms with Crippen LogP contribution in [0.5, 0.6) is 0 Å². The fourth-order valence-corrected chi connectivity index (χ4v) is 1.85. The molecule has 0 aromatic heterocycles. The number of carboxylic acid groups (broad SMARTS) is 1. The monoisotopic (exact) mass is 280 g/mol. The zero-order valence-corrected chi connectivity index (χ0v) is 11.4. The van der Waals surface area contributed by atoms with Crippen LogP contribution in [0.2, 0.25) is 0 Å². The van der Waals surface area contributed by atoms with Gasteiger partial charge in [-0.2, -0.15) is 0 Å². The summed E-state index contributed by atoms with van der Waals surface area (Å²) < 4.78 is 5.00. The highest BCUT2D eigenvalue weighted by Gasteiger charge is 2.20. The second-order valence-corrected chi connectivity index (χ2v) is 4.40. The van der Waals surface area contributed by atoms with E-state index in [9.17, 15) is 9.59 Å². The summed E-state index contributed by atoms with van der Waals surface area (Å²) in [5.41, 5.74) is 6.47. The number of benzene rings is 1. The number of carboxylic acids is 1. The van der Waals surface area contributed by atoms with Crippen LogP contribution in [0, 0.1) is 0 Å². The van der Waals surface area contributed by atoms with E-state index < -0.39 is 18.0 Å². The van der Waals surface area contributed by atoms with Crippen LogP contribution in [-0.4, -0.2) is 43.3 Å². The lowest BCUT2D eigenvalue weighted by atomic mass is 9.98. The van der Waals surface area contributed by atoms with Crippen molar-refractivity contribution in [3.05, 3.63) is 35.9 Å². The first kappa shape index (κ1) is 16.1. The Balaban J connectivity index is 2.58. The number of carbonyl (C=O) groups is 2. The number of hydrogen-bond donors (Lipinski definition) is 3. The Morgan fingerprint density at radius 2 is 2.00 bits per heavy atom. The summed E-state index contributed by atoms with van der Waals surface area (Å²) in [6.07, 6.45) is -0.708. The molecule has 1 amide bonds. The summed E-state index contributed by atoms with van der Waals surface area (Å²) in [6, 6.07) is 9.22.